The number of hydrogen-bond acceptors (Lipinski definition) is 3. The van der Waals surface area contributed by atoms with Gasteiger partial charge in [-0.2, -0.15) is 0 Å². The second-order valence-electron chi connectivity index (χ2n) is 1.69. The fourth-order valence-electron chi connectivity index (χ4n) is 0.663. The molecule has 1 aliphatic rings. The summed E-state index contributed by atoms with van der Waals surface area (Å²) in [5, 5.41) is 3.02. The van der Waals surface area contributed by atoms with E-state index in [2.05, 4.69) is 5.32 Å². The van der Waals surface area contributed by atoms with Crippen LogP contribution in [0.3, 0.4) is 0 Å². The average molecular weight is 206 g/mol. The molecular weight excluding hydrogens is 197 g/mol. The monoisotopic (exact) mass is 206 g/mol. The first-order valence-electron chi connectivity index (χ1n) is 2.47. The van der Waals surface area contributed by atoms with E-state index in [1.54, 1.807) is 0 Å². The molecule has 0 aliphatic carbocycles. The van der Waals surface area contributed by atoms with Crippen molar-refractivity contribution in [1.29, 1.82) is 0 Å². The quantitative estimate of drug-likeness (QED) is 0.476. The van der Waals surface area contributed by atoms with Crippen LogP contribution in [0.5, 0.6) is 0 Å². The Kier molecular flexibility index (Phi) is 5.16. The van der Waals surface area contributed by atoms with Gasteiger partial charge in [-0.3, -0.25) is 0 Å². The van der Waals surface area contributed by atoms with Crippen LogP contribution < -0.4 is 5.32 Å². The maximum absolute atomic E-state index is 10.3. The topological polar surface area (TPSA) is 46.2 Å². The van der Waals surface area contributed by atoms with Crippen molar-refractivity contribution in [2.45, 2.75) is 0 Å². The van der Waals surface area contributed by atoms with Crippen LogP contribution in [0.2, 0.25) is 0 Å². The molecular formula is C3H9ClNO2STi. The number of nitrogens with one attached hydrogen (secondary N) is 1. The minimum absolute atomic E-state index is 0. The van der Waals surface area contributed by atoms with Crippen molar-refractivity contribution in [3.05, 3.63) is 0 Å². The zero-order chi connectivity index (χ0) is 5.98. The fraction of sp³-hybridized carbons (Fsp3) is 1.00. The molecule has 0 spiro atoms. The summed E-state index contributed by atoms with van der Waals surface area (Å²) < 4.78 is 20.7. The van der Waals surface area contributed by atoms with Gasteiger partial charge in [-0.1, -0.05) is 0 Å². The van der Waals surface area contributed by atoms with E-state index in [9.17, 15) is 6.65 Å². The van der Waals surface area contributed by atoms with Gasteiger partial charge >= 0.3 is 55.1 Å². The molecule has 6 heteroatoms. The molecule has 1 atom stereocenters. The van der Waals surface area contributed by atoms with E-state index in [0.29, 0.717) is 0 Å². The van der Waals surface area contributed by atoms with Crippen LogP contribution in [0.4, 0.5) is 0 Å². The molecule has 1 fully saturated rings. The molecule has 1 heterocycles. The summed E-state index contributed by atoms with van der Waals surface area (Å²) in [7, 11) is -0.560. The molecule has 0 aromatic rings. The molecule has 1 saturated heterocycles. The number of hydrogen-bond donors (Lipinski definition) is 2. The van der Waals surface area contributed by atoms with Crippen LogP contribution >= 0.6 is 20.9 Å². The Labute approximate surface area is 67.5 Å². The van der Waals surface area contributed by atoms with Crippen LogP contribution in [0.25, 0.3) is 0 Å². The van der Waals surface area contributed by atoms with E-state index in [0.717, 1.165) is 18.2 Å². The normalized spacial score (nSPS) is 29.1. The summed E-state index contributed by atoms with van der Waals surface area (Å²) >= 11 is -2.95. The first-order chi connectivity index (χ1) is 3.80. The van der Waals surface area contributed by atoms with Gasteiger partial charge < -0.3 is 0 Å². The summed E-state index contributed by atoms with van der Waals surface area (Å²) in [6.45, 7) is 0.909. The Morgan fingerprint density at radius 1 is 1.44 bits per heavy atom. The molecule has 1 unspecified atom stereocenters. The Morgan fingerprint density at radius 2 is 2.11 bits per heavy atom. The molecule has 9 heavy (non-hydrogen) atoms. The van der Waals surface area contributed by atoms with Gasteiger partial charge in [0.25, 0.3) is 0 Å². The van der Waals surface area contributed by atoms with Gasteiger partial charge in [-0.15, -0.1) is 12.4 Å². The van der Waals surface area contributed by atoms with Crippen molar-refractivity contribution >= 4 is 20.9 Å². The van der Waals surface area contributed by atoms with Crippen LogP contribution in [0, 0.1) is 0 Å². The van der Waals surface area contributed by atoms with Crippen molar-refractivity contribution in [2.75, 3.05) is 18.2 Å². The van der Waals surface area contributed by atoms with Crippen molar-refractivity contribution in [3.8, 4) is 0 Å². The first kappa shape index (κ1) is 9.91. The Balaban J connectivity index is 0.000000640. The summed E-state index contributed by atoms with van der Waals surface area (Å²) in [4.78, 5) is 0. The van der Waals surface area contributed by atoms with E-state index in [1.165, 1.54) is 0 Å². The molecule has 1 aliphatic heterocycles. The second-order valence-corrected chi connectivity index (χ2v) is 8.83. The molecule has 1 N–H and O–H groups in total. The van der Waals surface area contributed by atoms with Crippen LogP contribution in [-0.2, 0) is 23.2 Å². The minimum atomic E-state index is -2.95. The third-order valence-electron chi connectivity index (χ3n) is 1.12. The second kappa shape index (κ2) is 4.69. The predicted molar refractivity (Wildman–Crippen MR) is 35.3 cm³/mol. The summed E-state index contributed by atoms with van der Waals surface area (Å²) in [6.07, 6.45) is 0. The predicted octanol–water partition coefficient (Wildman–Crippen LogP) is 0.194. The van der Waals surface area contributed by atoms with Gasteiger partial charge in [-0.05, 0) is 0 Å². The molecule has 0 saturated carbocycles. The number of halogens is 1. The zero-order valence-corrected chi connectivity index (χ0v) is 8.07. The van der Waals surface area contributed by atoms with E-state index in [1.807, 2.05) is 0 Å². The Morgan fingerprint density at radius 3 is 2.33 bits per heavy atom. The van der Waals surface area contributed by atoms with Gasteiger partial charge in [0, 0.05) is 0 Å². The van der Waals surface area contributed by atoms with E-state index < -0.39 is 25.0 Å². The van der Waals surface area contributed by atoms with Gasteiger partial charge in [0.1, 0.15) is 0 Å². The van der Waals surface area contributed by atoms with Gasteiger partial charge in [0.15, 0.2) is 0 Å². The molecule has 3 nitrogen and oxygen atoms in total. The SMILES string of the molecule is Cl.[O]=[Ti](=[O])[SH]1CCNC1. The van der Waals surface area contributed by atoms with Gasteiger partial charge in [-0.25, -0.2) is 0 Å². The van der Waals surface area contributed by atoms with E-state index >= 15 is 0 Å². The van der Waals surface area contributed by atoms with Crippen LogP contribution in [0.1, 0.15) is 0 Å². The van der Waals surface area contributed by atoms with E-state index in [4.69, 9.17) is 0 Å². The standard InChI is InChI=1S/C3H7NS.ClH.2O.Ti/c1-2-5-3-4-1;;;;/h4H,1-3H2;1H;;;/q;;;;-1/p+1. The zero-order valence-electron chi connectivity index (χ0n) is 4.79. The molecule has 55 valence electrons. The summed E-state index contributed by atoms with van der Waals surface area (Å²) in [5.74, 6) is 1.66. The molecule has 1 rings (SSSR count). The number of thiol groups is 1. The van der Waals surface area contributed by atoms with Crippen molar-refractivity contribution in [3.63, 3.8) is 0 Å². The number of rotatable bonds is 1. The summed E-state index contributed by atoms with van der Waals surface area (Å²) in [6, 6.07) is 0. The van der Waals surface area contributed by atoms with Crippen molar-refractivity contribution in [2.24, 2.45) is 0 Å². The maximum atomic E-state index is 10.3. The Bertz CT molecular complexity index is 137. The van der Waals surface area contributed by atoms with Crippen molar-refractivity contribution in [1.82, 2.24) is 5.32 Å². The molecule has 0 amide bonds. The Hall–Kier alpha value is 0.914. The van der Waals surface area contributed by atoms with E-state index in [-0.39, 0.29) is 12.4 Å². The molecule has 0 radical (unpaired) electrons. The third-order valence-corrected chi connectivity index (χ3v) is 7.21. The first-order valence-corrected chi connectivity index (χ1v) is 7.55. The third kappa shape index (κ3) is 3.00. The molecule has 0 aromatic carbocycles. The molecule has 0 bridgehead atoms. The van der Waals surface area contributed by atoms with Crippen LogP contribution in [-0.4, -0.2) is 18.2 Å². The van der Waals surface area contributed by atoms with Crippen molar-refractivity contribution < 1.29 is 23.2 Å². The van der Waals surface area contributed by atoms with Crippen LogP contribution in [0.15, 0.2) is 0 Å². The summed E-state index contributed by atoms with van der Waals surface area (Å²) in [5.41, 5.74) is 0. The fourth-order valence-corrected chi connectivity index (χ4v) is 4.50. The van der Waals surface area contributed by atoms with Gasteiger partial charge in [0.2, 0.25) is 0 Å². The van der Waals surface area contributed by atoms with Gasteiger partial charge in [0.05, 0.1) is 0 Å². The average Bonchev–Trinajstić information content (AvgIpc) is 2.12. The molecule has 0 aromatic heterocycles.